The van der Waals surface area contributed by atoms with Gasteiger partial charge in [-0.15, -0.1) is 0 Å². The van der Waals surface area contributed by atoms with E-state index in [1.54, 1.807) is 25.8 Å². The molecule has 1 aromatic rings. The van der Waals surface area contributed by atoms with Crippen molar-refractivity contribution in [1.82, 2.24) is 15.1 Å². The highest BCUT2D eigenvalue weighted by Crippen LogP contribution is 2.44. The smallest absolute Gasteiger partial charge is 0.410 e. The monoisotopic (exact) mass is 461 g/mol. The van der Waals surface area contributed by atoms with Crippen LogP contribution in [0.2, 0.25) is 0 Å². The molecule has 33 heavy (non-hydrogen) atoms. The van der Waals surface area contributed by atoms with Crippen LogP contribution < -0.4 is 5.32 Å². The molecule has 0 aliphatic carbocycles. The SMILES string of the molecule is CCNC(=O)O[C@H]1C(=O)N(C)C2(CCN(C(=O)OCc3ccccc3)CC2)[C@@H]1C(=O)OCC. The van der Waals surface area contributed by atoms with Gasteiger partial charge >= 0.3 is 18.2 Å². The Bertz CT molecular complexity index is 868. The molecule has 180 valence electrons. The number of likely N-dealkylation sites (N-methyl/N-ethyl adjacent to an activating group) is 1. The molecule has 1 N–H and O–H groups in total. The maximum atomic E-state index is 13.0. The van der Waals surface area contributed by atoms with Crippen molar-refractivity contribution in [2.75, 3.05) is 33.3 Å². The predicted molar refractivity (Wildman–Crippen MR) is 117 cm³/mol. The number of esters is 1. The van der Waals surface area contributed by atoms with E-state index in [2.05, 4.69) is 5.32 Å². The molecule has 3 amide bonds. The van der Waals surface area contributed by atoms with Crippen LogP contribution in [-0.4, -0.2) is 78.8 Å². The number of likely N-dealkylation sites (tertiary alicyclic amines) is 2. The lowest BCUT2D eigenvalue weighted by Crippen LogP contribution is -2.57. The Morgan fingerprint density at radius 3 is 2.36 bits per heavy atom. The standard InChI is InChI=1S/C23H31N3O7/c1-4-24-21(29)33-18-17(20(28)31-5-2)23(25(3)19(18)27)11-13-26(14-12-23)22(30)32-15-16-9-7-6-8-10-16/h6-10,17-18H,4-5,11-15H2,1-3H3,(H,24,29)/t17-,18+/m0/s1. The van der Waals surface area contributed by atoms with Crippen molar-refractivity contribution >= 4 is 24.1 Å². The van der Waals surface area contributed by atoms with Gasteiger partial charge in [0.25, 0.3) is 5.91 Å². The van der Waals surface area contributed by atoms with Crippen LogP contribution in [0.5, 0.6) is 0 Å². The Hall–Kier alpha value is -3.30. The topological polar surface area (TPSA) is 114 Å². The summed E-state index contributed by atoms with van der Waals surface area (Å²) in [6.07, 6.45) is -1.85. The Balaban J connectivity index is 1.72. The highest BCUT2D eigenvalue weighted by atomic mass is 16.6. The van der Waals surface area contributed by atoms with Crippen molar-refractivity contribution in [3.63, 3.8) is 0 Å². The molecule has 0 saturated carbocycles. The van der Waals surface area contributed by atoms with E-state index in [0.717, 1.165) is 5.56 Å². The summed E-state index contributed by atoms with van der Waals surface area (Å²) in [4.78, 5) is 53.6. The molecule has 2 atom stereocenters. The van der Waals surface area contributed by atoms with Crippen molar-refractivity contribution in [3.8, 4) is 0 Å². The average molecular weight is 462 g/mol. The summed E-state index contributed by atoms with van der Waals surface area (Å²) < 4.78 is 16.0. The molecule has 2 aliphatic rings. The van der Waals surface area contributed by atoms with Crippen LogP contribution in [0, 0.1) is 5.92 Å². The van der Waals surface area contributed by atoms with E-state index in [4.69, 9.17) is 14.2 Å². The second-order valence-electron chi connectivity index (χ2n) is 8.11. The van der Waals surface area contributed by atoms with Gasteiger partial charge in [-0.1, -0.05) is 30.3 Å². The van der Waals surface area contributed by atoms with E-state index in [9.17, 15) is 19.2 Å². The molecule has 3 rings (SSSR count). The van der Waals surface area contributed by atoms with Crippen molar-refractivity contribution in [1.29, 1.82) is 0 Å². The highest BCUT2D eigenvalue weighted by Gasteiger charge is 2.63. The van der Waals surface area contributed by atoms with Crippen LogP contribution in [0.15, 0.2) is 30.3 Å². The van der Waals surface area contributed by atoms with E-state index in [1.807, 2.05) is 30.3 Å². The minimum atomic E-state index is -1.28. The van der Waals surface area contributed by atoms with E-state index >= 15 is 0 Å². The fourth-order valence-electron chi connectivity index (χ4n) is 4.57. The predicted octanol–water partition coefficient (Wildman–Crippen LogP) is 1.92. The van der Waals surface area contributed by atoms with Crippen molar-refractivity contribution < 1.29 is 33.4 Å². The molecule has 0 radical (unpaired) electrons. The van der Waals surface area contributed by atoms with Gasteiger partial charge in [-0.2, -0.15) is 0 Å². The second-order valence-corrected chi connectivity index (χ2v) is 8.11. The van der Waals surface area contributed by atoms with Gasteiger partial charge in [0.1, 0.15) is 12.5 Å². The first-order chi connectivity index (χ1) is 15.8. The van der Waals surface area contributed by atoms with Crippen LogP contribution >= 0.6 is 0 Å². The first-order valence-corrected chi connectivity index (χ1v) is 11.2. The minimum absolute atomic E-state index is 0.134. The molecule has 0 bridgehead atoms. The molecule has 1 aromatic carbocycles. The number of piperidine rings is 1. The quantitative estimate of drug-likeness (QED) is 0.508. The third kappa shape index (κ3) is 5.04. The van der Waals surface area contributed by atoms with E-state index in [-0.39, 0.29) is 26.3 Å². The van der Waals surface area contributed by atoms with Gasteiger partial charge in [0.05, 0.1) is 12.1 Å². The van der Waals surface area contributed by atoms with Crippen LogP contribution in [0.3, 0.4) is 0 Å². The minimum Gasteiger partial charge on any atom is -0.466 e. The highest BCUT2D eigenvalue weighted by molar-refractivity contribution is 5.94. The number of hydrogen-bond acceptors (Lipinski definition) is 7. The molecule has 2 aliphatic heterocycles. The molecule has 0 unspecified atom stereocenters. The summed E-state index contributed by atoms with van der Waals surface area (Å²) in [6, 6.07) is 9.37. The number of nitrogens with one attached hydrogen (secondary N) is 1. The van der Waals surface area contributed by atoms with Crippen LogP contribution in [-0.2, 0) is 30.4 Å². The third-order valence-corrected chi connectivity index (χ3v) is 6.31. The largest absolute Gasteiger partial charge is 0.466 e. The van der Waals surface area contributed by atoms with Crippen molar-refractivity contribution in [2.45, 2.75) is 44.9 Å². The second kappa shape index (κ2) is 10.5. The number of nitrogens with zero attached hydrogens (tertiary/aromatic N) is 2. The number of rotatable bonds is 6. The molecule has 0 aromatic heterocycles. The van der Waals surface area contributed by atoms with E-state index in [1.165, 1.54) is 4.90 Å². The van der Waals surface area contributed by atoms with Gasteiger partial charge in [-0.05, 0) is 32.3 Å². The van der Waals surface area contributed by atoms with Crippen LogP contribution in [0.25, 0.3) is 0 Å². The first-order valence-electron chi connectivity index (χ1n) is 11.2. The molecule has 2 saturated heterocycles. The van der Waals surface area contributed by atoms with Crippen LogP contribution in [0.1, 0.15) is 32.3 Å². The Morgan fingerprint density at radius 2 is 1.76 bits per heavy atom. The molecule has 10 heteroatoms. The number of hydrogen-bond donors (Lipinski definition) is 1. The van der Waals surface area contributed by atoms with Crippen molar-refractivity contribution in [2.24, 2.45) is 5.92 Å². The summed E-state index contributed by atoms with van der Waals surface area (Å²) >= 11 is 0. The maximum Gasteiger partial charge on any atom is 0.410 e. The molecule has 2 fully saturated rings. The van der Waals surface area contributed by atoms with Gasteiger partial charge in [0.15, 0.2) is 6.10 Å². The maximum absolute atomic E-state index is 13.0. The van der Waals surface area contributed by atoms with Crippen LogP contribution in [0.4, 0.5) is 9.59 Å². The fourth-order valence-corrected chi connectivity index (χ4v) is 4.57. The average Bonchev–Trinajstić information content (AvgIpc) is 3.00. The molecular formula is C23H31N3O7. The first kappa shape index (κ1) is 24.3. The van der Waals surface area contributed by atoms with Gasteiger partial charge in [0, 0.05) is 26.7 Å². The lowest BCUT2D eigenvalue weighted by molar-refractivity contribution is -0.156. The molecule has 2 heterocycles. The molecular weight excluding hydrogens is 430 g/mol. The summed E-state index contributed by atoms with van der Waals surface area (Å²) in [5.41, 5.74) is -0.0374. The van der Waals surface area contributed by atoms with E-state index < -0.39 is 41.6 Å². The molecule has 1 spiro atoms. The summed E-state index contributed by atoms with van der Waals surface area (Å²) in [7, 11) is 1.60. The number of ether oxygens (including phenoxy) is 3. The Kier molecular flexibility index (Phi) is 7.78. The number of amides is 3. The zero-order valence-corrected chi connectivity index (χ0v) is 19.2. The summed E-state index contributed by atoms with van der Waals surface area (Å²) in [5.74, 6) is -2.04. The zero-order valence-electron chi connectivity index (χ0n) is 19.2. The van der Waals surface area contributed by atoms with Gasteiger partial charge in [-0.3, -0.25) is 9.59 Å². The fraction of sp³-hybridized carbons (Fsp3) is 0.565. The lowest BCUT2D eigenvalue weighted by Gasteiger charge is -2.45. The normalized spacial score (nSPS) is 21.6. The summed E-state index contributed by atoms with van der Waals surface area (Å²) in [5, 5.41) is 2.49. The number of alkyl carbamates (subject to hydrolysis) is 1. The van der Waals surface area contributed by atoms with Gasteiger partial charge in [-0.25, -0.2) is 9.59 Å². The third-order valence-electron chi connectivity index (χ3n) is 6.31. The number of carbonyl (C=O) groups excluding carboxylic acids is 4. The Morgan fingerprint density at radius 1 is 1.09 bits per heavy atom. The summed E-state index contributed by atoms with van der Waals surface area (Å²) in [6.45, 7) is 4.59. The zero-order chi connectivity index (χ0) is 24.0. The van der Waals surface area contributed by atoms with Crippen molar-refractivity contribution in [3.05, 3.63) is 35.9 Å². The lowest BCUT2D eigenvalue weighted by atomic mass is 9.76. The van der Waals surface area contributed by atoms with E-state index in [0.29, 0.717) is 19.4 Å². The van der Waals surface area contributed by atoms with Gasteiger partial charge in [0.2, 0.25) is 0 Å². The Labute approximate surface area is 193 Å². The van der Waals surface area contributed by atoms with Gasteiger partial charge < -0.3 is 29.3 Å². The number of benzene rings is 1. The number of carbonyl (C=O) groups is 4. The molecule has 10 nitrogen and oxygen atoms in total.